The first kappa shape index (κ1) is 19.5. The van der Waals surface area contributed by atoms with Crippen LogP contribution in [0.25, 0.3) is 0 Å². The lowest BCUT2D eigenvalue weighted by Crippen LogP contribution is -1.92. The maximum Gasteiger partial charge on any atom is 0.0422 e. The predicted octanol–water partition coefficient (Wildman–Crippen LogP) is 5.15. The largest absolute Gasteiger partial charge is 0.0627 e. The Morgan fingerprint density at radius 3 is 1.38 bits per heavy atom. The van der Waals surface area contributed by atoms with Crippen molar-refractivity contribution >= 4 is 43.5 Å². The Balaban J connectivity index is 2.67. The zero-order valence-electron chi connectivity index (χ0n) is 14.0. The quantitative estimate of drug-likeness (QED) is 0.437. The molecule has 0 radical (unpaired) electrons. The van der Waals surface area contributed by atoms with Crippen molar-refractivity contribution in [2.24, 2.45) is 0 Å². The lowest BCUT2D eigenvalue weighted by Gasteiger charge is -2.02. The Hall–Kier alpha value is -2.81. The first-order valence-corrected chi connectivity index (χ1v) is 10.7. The third kappa shape index (κ3) is 5.92. The molecule has 3 heteroatoms. The average Bonchev–Trinajstić information content (AvgIpc) is 2.69. The highest BCUT2D eigenvalue weighted by molar-refractivity contribution is 7.42. The van der Waals surface area contributed by atoms with Gasteiger partial charge in [0.2, 0.25) is 0 Å². The SMILES string of the molecule is C=PC#Cc1cc(C#CP=C)c(C#Cc2ccccc2)cc1C#CP=C. The lowest BCUT2D eigenvalue weighted by molar-refractivity contribution is 1.51. The van der Waals surface area contributed by atoms with Crippen LogP contribution >= 0.6 is 24.6 Å². The van der Waals surface area contributed by atoms with Crippen LogP contribution in [-0.4, -0.2) is 18.9 Å². The average molecular weight is 382 g/mol. The Bertz CT molecular complexity index is 1090. The minimum absolute atomic E-state index is 0.762. The molecule has 0 saturated heterocycles. The highest BCUT2D eigenvalue weighted by Crippen LogP contribution is 2.16. The Morgan fingerprint density at radius 1 is 0.538 bits per heavy atom. The molecule has 0 N–H and O–H groups in total. The highest BCUT2D eigenvalue weighted by Gasteiger charge is 2.05. The fourth-order valence-corrected chi connectivity index (χ4v) is 2.57. The van der Waals surface area contributed by atoms with Gasteiger partial charge in [0, 0.05) is 27.8 Å². The minimum atomic E-state index is 0.762. The summed E-state index contributed by atoms with van der Waals surface area (Å²) in [6.07, 6.45) is 11.2. The van der Waals surface area contributed by atoms with Crippen molar-refractivity contribution in [1.82, 2.24) is 0 Å². The second kappa shape index (κ2) is 10.9. The Labute approximate surface area is 160 Å². The van der Waals surface area contributed by atoms with E-state index < -0.39 is 0 Å². The van der Waals surface area contributed by atoms with Gasteiger partial charge in [-0.05, 0) is 65.9 Å². The zero-order chi connectivity index (χ0) is 18.6. The molecule has 0 aromatic heterocycles. The molecule has 120 valence electrons. The van der Waals surface area contributed by atoms with E-state index in [2.05, 4.69) is 65.5 Å². The third-order valence-electron chi connectivity index (χ3n) is 3.08. The van der Waals surface area contributed by atoms with Gasteiger partial charge in [0.25, 0.3) is 0 Å². The Morgan fingerprint density at radius 2 is 0.962 bits per heavy atom. The first-order valence-electron chi connectivity index (χ1n) is 7.43. The summed E-state index contributed by atoms with van der Waals surface area (Å²) in [6, 6.07) is 13.7. The molecule has 0 aliphatic rings. The van der Waals surface area contributed by atoms with E-state index in [4.69, 9.17) is 0 Å². The second-order valence-corrected chi connectivity index (χ2v) is 6.36. The van der Waals surface area contributed by atoms with Gasteiger partial charge in [-0.15, -0.1) is 0 Å². The van der Waals surface area contributed by atoms with E-state index in [0.29, 0.717) is 0 Å². The summed E-state index contributed by atoms with van der Waals surface area (Å²) >= 11 is 0. The van der Waals surface area contributed by atoms with E-state index in [-0.39, 0.29) is 0 Å². The molecule has 2 rings (SSSR count). The number of hydrogen-bond acceptors (Lipinski definition) is 0. The van der Waals surface area contributed by atoms with Crippen LogP contribution in [0, 0.1) is 46.6 Å². The van der Waals surface area contributed by atoms with Gasteiger partial charge in [-0.1, -0.05) is 66.7 Å². The molecule has 0 saturated carbocycles. The van der Waals surface area contributed by atoms with Crippen molar-refractivity contribution in [3.8, 4) is 46.6 Å². The molecule has 0 bridgehead atoms. The zero-order valence-corrected chi connectivity index (χ0v) is 16.7. The highest BCUT2D eigenvalue weighted by atomic mass is 31.1. The van der Waals surface area contributed by atoms with Crippen LogP contribution < -0.4 is 0 Å². The van der Waals surface area contributed by atoms with Crippen molar-refractivity contribution in [3.63, 3.8) is 0 Å². The molecule has 0 nitrogen and oxygen atoms in total. The minimum Gasteiger partial charge on any atom is -0.0627 e. The van der Waals surface area contributed by atoms with Crippen molar-refractivity contribution in [1.29, 1.82) is 0 Å². The number of benzene rings is 2. The maximum absolute atomic E-state index is 3.75. The van der Waals surface area contributed by atoms with Gasteiger partial charge in [-0.3, -0.25) is 0 Å². The Kier molecular flexibility index (Phi) is 8.20. The summed E-state index contributed by atoms with van der Waals surface area (Å²) in [5.74, 6) is 15.7. The van der Waals surface area contributed by atoms with Crippen molar-refractivity contribution < 1.29 is 0 Å². The fourth-order valence-electron chi connectivity index (χ4n) is 1.97. The van der Waals surface area contributed by atoms with Crippen LogP contribution in [-0.2, 0) is 0 Å². The van der Waals surface area contributed by atoms with Gasteiger partial charge in [-0.2, -0.15) is 0 Å². The summed E-state index contributed by atoms with van der Waals surface area (Å²) in [7, 11) is 2.29. The summed E-state index contributed by atoms with van der Waals surface area (Å²) in [4.78, 5) is 0. The van der Waals surface area contributed by atoms with Crippen LogP contribution in [0.2, 0.25) is 0 Å². The molecule has 0 amide bonds. The van der Waals surface area contributed by atoms with Gasteiger partial charge in [0.05, 0.1) is 0 Å². The van der Waals surface area contributed by atoms with Gasteiger partial charge < -0.3 is 0 Å². The van der Waals surface area contributed by atoms with Gasteiger partial charge in [0.15, 0.2) is 0 Å². The van der Waals surface area contributed by atoms with Crippen molar-refractivity contribution in [2.45, 2.75) is 0 Å². The van der Waals surface area contributed by atoms with Crippen LogP contribution in [0.15, 0.2) is 42.5 Å². The van der Waals surface area contributed by atoms with Gasteiger partial charge >= 0.3 is 0 Å². The van der Waals surface area contributed by atoms with Crippen LogP contribution in [0.5, 0.6) is 0 Å². The molecule has 0 aliphatic heterocycles. The van der Waals surface area contributed by atoms with E-state index in [9.17, 15) is 0 Å². The lowest BCUT2D eigenvalue weighted by atomic mass is 9.99. The molecule has 0 atom stereocenters. The summed E-state index contributed by atoms with van der Waals surface area (Å²) in [5, 5.41) is 0. The molecule has 26 heavy (non-hydrogen) atoms. The van der Waals surface area contributed by atoms with E-state index >= 15 is 0 Å². The van der Waals surface area contributed by atoms with E-state index in [1.165, 1.54) is 0 Å². The topological polar surface area (TPSA) is 0 Å². The van der Waals surface area contributed by atoms with Crippen LogP contribution in [0.1, 0.15) is 27.8 Å². The molecular weight excluding hydrogens is 369 g/mol. The monoisotopic (exact) mass is 382 g/mol. The molecule has 0 unspecified atom stereocenters. The summed E-state index contributed by atoms with van der Waals surface area (Å²) in [6.45, 7) is 0. The second-order valence-electron chi connectivity index (χ2n) is 4.74. The number of hydrogen-bond donors (Lipinski definition) is 0. The molecular formula is C23H13P3. The fraction of sp³-hybridized carbons (Fsp3) is 0. The van der Waals surface area contributed by atoms with Gasteiger partial charge in [0.1, 0.15) is 0 Å². The summed E-state index contributed by atoms with van der Waals surface area (Å²) in [5.41, 5.74) is 13.2. The van der Waals surface area contributed by atoms with Crippen LogP contribution in [0.4, 0.5) is 0 Å². The standard InChI is InChI=1S/C23H13P3/c1-24-14-11-21-18-23(13-16-26-3)22(12-15-25-2)17-20(21)10-9-19-7-5-4-6-8-19/h4-8,17-18H,1-3H2. The first-order chi connectivity index (χ1) is 12.8. The van der Waals surface area contributed by atoms with Crippen molar-refractivity contribution in [2.75, 3.05) is 0 Å². The van der Waals surface area contributed by atoms with Crippen molar-refractivity contribution in [3.05, 3.63) is 70.3 Å². The molecule has 2 aromatic rings. The summed E-state index contributed by atoms with van der Waals surface area (Å²) < 4.78 is 0. The molecule has 0 aliphatic carbocycles. The van der Waals surface area contributed by atoms with Crippen LogP contribution in [0.3, 0.4) is 0 Å². The third-order valence-corrected chi connectivity index (χ3v) is 3.89. The van der Waals surface area contributed by atoms with E-state index in [0.717, 1.165) is 52.4 Å². The molecule has 0 spiro atoms. The molecule has 2 aromatic carbocycles. The molecule has 0 fully saturated rings. The number of rotatable bonds is 0. The van der Waals surface area contributed by atoms with Gasteiger partial charge in [-0.25, -0.2) is 0 Å². The predicted molar refractivity (Wildman–Crippen MR) is 122 cm³/mol. The smallest absolute Gasteiger partial charge is 0.0422 e. The normalized spacial score (nSPS) is 8.92. The van der Waals surface area contributed by atoms with E-state index in [1.807, 2.05) is 42.5 Å². The van der Waals surface area contributed by atoms with E-state index in [1.54, 1.807) is 0 Å². The molecule has 0 heterocycles. The maximum atomic E-state index is 3.75.